The Balaban J connectivity index is 1.40. The first-order valence-corrected chi connectivity index (χ1v) is 12.8. The highest BCUT2D eigenvalue weighted by Crippen LogP contribution is 2.36. The van der Waals surface area contributed by atoms with Gasteiger partial charge in [-0.15, -0.1) is 5.10 Å². The summed E-state index contributed by atoms with van der Waals surface area (Å²) in [7, 11) is 1.48. The third-order valence-electron chi connectivity index (χ3n) is 7.33. The Kier molecular flexibility index (Phi) is 7.87. The van der Waals surface area contributed by atoms with Gasteiger partial charge in [-0.2, -0.15) is 0 Å². The van der Waals surface area contributed by atoms with Gasteiger partial charge in [0.25, 0.3) is 0 Å². The molecule has 0 amide bonds. The van der Waals surface area contributed by atoms with E-state index in [0.29, 0.717) is 18.0 Å². The molecule has 5 rings (SSSR count). The second-order valence-corrected chi connectivity index (χ2v) is 10.1. The van der Waals surface area contributed by atoms with Crippen molar-refractivity contribution in [2.75, 3.05) is 13.7 Å². The third-order valence-corrected chi connectivity index (χ3v) is 7.69. The van der Waals surface area contributed by atoms with E-state index in [4.69, 9.17) is 25.6 Å². The van der Waals surface area contributed by atoms with E-state index in [1.54, 1.807) is 0 Å². The smallest absolute Gasteiger partial charge is 0.145 e. The summed E-state index contributed by atoms with van der Waals surface area (Å²) in [4.78, 5) is 0. The molecule has 1 aliphatic carbocycles. The topological polar surface area (TPSA) is 116 Å². The fourth-order valence-corrected chi connectivity index (χ4v) is 5.51. The van der Waals surface area contributed by atoms with Crippen molar-refractivity contribution in [2.45, 2.75) is 74.9 Å². The quantitative estimate of drug-likeness (QED) is 0.436. The Bertz CT molecular complexity index is 1190. The fourth-order valence-electron chi connectivity index (χ4n) is 5.40. The fraction of sp³-hybridized carbons (Fsp3) is 0.560. The summed E-state index contributed by atoms with van der Waals surface area (Å²) in [5, 5.41) is 32.7. The molecule has 2 N–H and O–H groups in total. The second kappa shape index (κ2) is 11.1. The van der Waals surface area contributed by atoms with Crippen molar-refractivity contribution in [1.82, 2.24) is 20.2 Å². The van der Waals surface area contributed by atoms with Gasteiger partial charge >= 0.3 is 0 Å². The van der Waals surface area contributed by atoms with Crippen molar-refractivity contribution in [1.29, 1.82) is 0 Å². The molecular formula is C25H29ClF2N4O5. The lowest BCUT2D eigenvalue weighted by Gasteiger charge is -2.43. The van der Waals surface area contributed by atoms with Gasteiger partial charge < -0.3 is 24.2 Å². The van der Waals surface area contributed by atoms with E-state index in [1.165, 1.54) is 37.3 Å². The van der Waals surface area contributed by atoms with Gasteiger partial charge in [-0.3, -0.25) is 0 Å². The molecule has 5 atom stereocenters. The zero-order valence-electron chi connectivity index (χ0n) is 20.3. The molecule has 2 aliphatic rings. The number of aliphatic hydroxyl groups excluding tert-OH is 2. The monoisotopic (exact) mass is 538 g/mol. The molecule has 1 aliphatic heterocycles. The standard InChI is InChI=1S/C25H29ClF2N4O5/c1-35-25-20(10-15-9-19(37-30-15)13-5-3-2-4-6-13)36-21(12-33)24(34)23(25)32-11-18(29-31-32)14-7-16(27)22(26)17(28)8-14/h7-9,11,13,20-21,23-25,33-34H,2-6,10,12H2,1H3/t20-,21-,23+,24+,25+/m1/s1. The summed E-state index contributed by atoms with van der Waals surface area (Å²) >= 11 is 5.59. The van der Waals surface area contributed by atoms with Crippen molar-refractivity contribution in [2.24, 2.45) is 0 Å². The van der Waals surface area contributed by atoms with Crippen LogP contribution in [0, 0.1) is 11.6 Å². The molecule has 0 radical (unpaired) electrons. The molecule has 0 bridgehead atoms. The number of aliphatic hydroxyl groups is 2. The molecule has 37 heavy (non-hydrogen) atoms. The number of methoxy groups -OCH3 is 1. The summed E-state index contributed by atoms with van der Waals surface area (Å²) in [6.45, 7) is -0.439. The van der Waals surface area contributed by atoms with E-state index < -0.39 is 53.7 Å². The van der Waals surface area contributed by atoms with E-state index >= 15 is 0 Å². The summed E-state index contributed by atoms with van der Waals surface area (Å²) in [5.41, 5.74) is 0.994. The highest BCUT2D eigenvalue weighted by molar-refractivity contribution is 6.30. The van der Waals surface area contributed by atoms with Crippen LogP contribution in [-0.2, 0) is 15.9 Å². The third kappa shape index (κ3) is 5.28. The van der Waals surface area contributed by atoms with Crippen LogP contribution in [0.5, 0.6) is 0 Å². The van der Waals surface area contributed by atoms with Gasteiger partial charge in [-0.25, -0.2) is 13.5 Å². The van der Waals surface area contributed by atoms with Crippen LogP contribution in [0.1, 0.15) is 55.5 Å². The van der Waals surface area contributed by atoms with Crippen LogP contribution in [0.2, 0.25) is 5.02 Å². The SMILES string of the molecule is CO[C@@H]1[C@@H](n2cc(-c3cc(F)c(Cl)c(F)c3)nn2)[C@@H](O)[C@@H](CO)O[C@@H]1Cc1cc(C2CCCCC2)on1. The molecule has 1 saturated heterocycles. The average molecular weight is 539 g/mol. The van der Waals surface area contributed by atoms with E-state index in [1.807, 2.05) is 6.07 Å². The lowest BCUT2D eigenvalue weighted by molar-refractivity contribution is -0.212. The zero-order chi connectivity index (χ0) is 26.1. The molecule has 3 aromatic rings. The predicted octanol–water partition coefficient (Wildman–Crippen LogP) is 3.83. The number of hydrogen-bond donors (Lipinski definition) is 2. The Morgan fingerprint density at radius 2 is 1.86 bits per heavy atom. The van der Waals surface area contributed by atoms with Crippen LogP contribution in [-0.4, -0.2) is 68.5 Å². The Morgan fingerprint density at radius 3 is 2.54 bits per heavy atom. The van der Waals surface area contributed by atoms with Crippen LogP contribution >= 0.6 is 11.6 Å². The average Bonchev–Trinajstić information content (AvgIpc) is 3.58. The number of hydrogen-bond acceptors (Lipinski definition) is 8. The number of rotatable bonds is 7. The molecule has 12 heteroatoms. The number of halogens is 3. The Morgan fingerprint density at radius 1 is 1.14 bits per heavy atom. The number of nitrogens with zero attached hydrogens (tertiary/aromatic N) is 4. The maximum atomic E-state index is 14.0. The maximum Gasteiger partial charge on any atom is 0.145 e. The molecule has 3 heterocycles. The van der Waals surface area contributed by atoms with E-state index in [9.17, 15) is 19.0 Å². The Labute approximate surface area is 217 Å². The predicted molar refractivity (Wildman–Crippen MR) is 128 cm³/mol. The minimum atomic E-state index is -1.20. The number of ether oxygens (including phenoxy) is 2. The minimum absolute atomic E-state index is 0.134. The van der Waals surface area contributed by atoms with Gasteiger partial charge in [0.2, 0.25) is 0 Å². The lowest BCUT2D eigenvalue weighted by atomic mass is 9.87. The molecule has 0 spiro atoms. The molecule has 1 aromatic carbocycles. The molecule has 2 fully saturated rings. The van der Waals surface area contributed by atoms with E-state index in [2.05, 4.69) is 15.5 Å². The first-order valence-electron chi connectivity index (χ1n) is 12.4. The summed E-state index contributed by atoms with van der Waals surface area (Å²) in [5.74, 6) is -0.630. The van der Waals surface area contributed by atoms with Crippen molar-refractivity contribution < 1.29 is 33.0 Å². The summed E-state index contributed by atoms with van der Waals surface area (Å²) in [6, 6.07) is 3.25. The van der Waals surface area contributed by atoms with Crippen LogP contribution < -0.4 is 0 Å². The Hall–Kier alpha value is -2.44. The molecule has 0 unspecified atom stereocenters. The molecule has 1 saturated carbocycles. The molecule has 9 nitrogen and oxygen atoms in total. The van der Waals surface area contributed by atoms with Crippen LogP contribution in [0.3, 0.4) is 0 Å². The first-order chi connectivity index (χ1) is 17.9. The minimum Gasteiger partial charge on any atom is -0.394 e. The molecule has 200 valence electrons. The largest absolute Gasteiger partial charge is 0.394 e. The highest BCUT2D eigenvalue weighted by atomic mass is 35.5. The second-order valence-electron chi connectivity index (χ2n) is 9.67. The van der Waals surface area contributed by atoms with Crippen molar-refractivity contribution in [3.8, 4) is 11.3 Å². The highest BCUT2D eigenvalue weighted by Gasteiger charge is 2.47. The van der Waals surface area contributed by atoms with E-state index in [0.717, 1.165) is 30.7 Å². The molecular weight excluding hydrogens is 510 g/mol. The number of aromatic nitrogens is 4. The first kappa shape index (κ1) is 26.2. The van der Waals surface area contributed by atoms with Gasteiger partial charge in [0.15, 0.2) is 0 Å². The van der Waals surface area contributed by atoms with Gasteiger partial charge in [-0.1, -0.05) is 41.2 Å². The van der Waals surface area contributed by atoms with Gasteiger partial charge in [0.05, 0.1) is 24.6 Å². The lowest BCUT2D eigenvalue weighted by Crippen LogP contribution is -2.57. The van der Waals surface area contributed by atoms with Crippen molar-refractivity contribution >= 4 is 11.6 Å². The molecule has 2 aromatic heterocycles. The maximum absolute atomic E-state index is 14.0. The zero-order valence-corrected chi connectivity index (χ0v) is 21.0. The van der Waals surface area contributed by atoms with Crippen LogP contribution in [0.4, 0.5) is 8.78 Å². The normalized spacial score (nSPS) is 27.0. The van der Waals surface area contributed by atoms with Gasteiger partial charge in [0.1, 0.15) is 52.5 Å². The summed E-state index contributed by atoms with van der Waals surface area (Å²) < 4.78 is 46.8. The summed E-state index contributed by atoms with van der Waals surface area (Å²) in [6.07, 6.45) is 4.08. The van der Waals surface area contributed by atoms with Crippen LogP contribution in [0.15, 0.2) is 28.9 Å². The van der Waals surface area contributed by atoms with Gasteiger partial charge in [0, 0.05) is 31.1 Å². The van der Waals surface area contributed by atoms with E-state index in [-0.39, 0.29) is 11.3 Å². The van der Waals surface area contributed by atoms with Gasteiger partial charge in [-0.05, 0) is 25.0 Å². The van der Waals surface area contributed by atoms with Crippen molar-refractivity contribution in [3.63, 3.8) is 0 Å². The van der Waals surface area contributed by atoms with Crippen molar-refractivity contribution in [3.05, 3.63) is 52.5 Å². The number of benzene rings is 1. The van der Waals surface area contributed by atoms with Crippen LogP contribution in [0.25, 0.3) is 11.3 Å².